The molecular formula is C11H13F4NO. The van der Waals surface area contributed by atoms with Crippen molar-refractivity contribution in [3.8, 4) is 5.75 Å². The van der Waals surface area contributed by atoms with Gasteiger partial charge in [0, 0.05) is 6.54 Å². The molecule has 0 aliphatic carbocycles. The van der Waals surface area contributed by atoms with E-state index in [-0.39, 0.29) is 17.9 Å². The minimum Gasteiger partial charge on any atom is -0.494 e. The van der Waals surface area contributed by atoms with Crippen molar-refractivity contribution in [1.82, 2.24) is 5.32 Å². The van der Waals surface area contributed by atoms with Crippen LogP contribution in [0.1, 0.15) is 11.5 Å². The van der Waals surface area contributed by atoms with Gasteiger partial charge in [-0.15, -0.1) is 0 Å². The molecule has 0 amide bonds. The summed E-state index contributed by atoms with van der Waals surface area (Å²) in [7, 11) is 2.64. The molecule has 1 N–H and O–H groups in total. The van der Waals surface area contributed by atoms with Crippen LogP contribution in [0.15, 0.2) is 18.2 Å². The molecule has 1 unspecified atom stereocenters. The third-order valence-electron chi connectivity index (χ3n) is 2.38. The third kappa shape index (κ3) is 3.33. The molecule has 0 aromatic heterocycles. The second-order valence-electron chi connectivity index (χ2n) is 3.55. The Morgan fingerprint density at radius 2 is 2.00 bits per heavy atom. The lowest BCUT2D eigenvalue weighted by Crippen LogP contribution is -2.30. The van der Waals surface area contributed by atoms with Crippen LogP contribution < -0.4 is 10.1 Å². The summed E-state index contributed by atoms with van der Waals surface area (Å²) in [5.74, 6) is -2.54. The minimum absolute atomic E-state index is 0.0231. The van der Waals surface area contributed by atoms with Crippen LogP contribution in [-0.4, -0.2) is 26.9 Å². The van der Waals surface area contributed by atoms with E-state index in [0.717, 1.165) is 18.2 Å². The maximum Gasteiger partial charge on any atom is 0.396 e. The number of rotatable bonds is 4. The minimum atomic E-state index is -4.38. The number of hydrogen-bond donors (Lipinski definition) is 1. The van der Waals surface area contributed by atoms with Crippen molar-refractivity contribution in [2.45, 2.75) is 12.1 Å². The molecule has 0 heterocycles. The summed E-state index contributed by atoms with van der Waals surface area (Å²) < 4.78 is 56.0. The number of alkyl halides is 3. The zero-order valence-electron chi connectivity index (χ0n) is 9.44. The molecule has 0 aliphatic heterocycles. The summed E-state index contributed by atoms with van der Waals surface area (Å²) in [5.41, 5.74) is -0.0231. The number of likely N-dealkylation sites (N-methyl/N-ethyl adjacent to an activating group) is 1. The van der Waals surface area contributed by atoms with Crippen molar-refractivity contribution in [2.24, 2.45) is 0 Å². The van der Waals surface area contributed by atoms with E-state index >= 15 is 0 Å². The van der Waals surface area contributed by atoms with Crippen LogP contribution >= 0.6 is 0 Å². The number of methoxy groups -OCH3 is 1. The Morgan fingerprint density at radius 3 is 2.47 bits per heavy atom. The Kier molecular flexibility index (Phi) is 4.34. The molecule has 1 rings (SSSR count). The zero-order chi connectivity index (χ0) is 13.1. The average molecular weight is 251 g/mol. The van der Waals surface area contributed by atoms with E-state index in [9.17, 15) is 17.6 Å². The van der Waals surface area contributed by atoms with Crippen LogP contribution in [0.5, 0.6) is 5.75 Å². The normalized spacial score (nSPS) is 13.5. The highest BCUT2D eigenvalue weighted by Gasteiger charge is 2.40. The lowest BCUT2D eigenvalue weighted by atomic mass is 9.98. The van der Waals surface area contributed by atoms with Gasteiger partial charge >= 0.3 is 6.18 Å². The van der Waals surface area contributed by atoms with Crippen molar-refractivity contribution in [1.29, 1.82) is 0 Å². The van der Waals surface area contributed by atoms with Crippen molar-refractivity contribution in [2.75, 3.05) is 20.7 Å². The molecule has 0 radical (unpaired) electrons. The summed E-state index contributed by atoms with van der Waals surface area (Å²) in [6, 6.07) is 3.17. The van der Waals surface area contributed by atoms with Crippen LogP contribution in [0.25, 0.3) is 0 Å². The zero-order valence-corrected chi connectivity index (χ0v) is 9.44. The molecule has 1 atom stereocenters. The Balaban J connectivity index is 3.10. The van der Waals surface area contributed by atoms with Crippen molar-refractivity contribution < 1.29 is 22.3 Å². The fraction of sp³-hybridized carbons (Fsp3) is 0.455. The summed E-state index contributed by atoms with van der Waals surface area (Å²) in [5, 5.41) is 2.47. The number of halogens is 4. The highest BCUT2D eigenvalue weighted by molar-refractivity contribution is 5.33. The van der Waals surface area contributed by atoms with Gasteiger partial charge in [0.1, 0.15) is 0 Å². The molecule has 1 aromatic rings. The molecule has 0 fully saturated rings. The first-order valence-electron chi connectivity index (χ1n) is 4.95. The van der Waals surface area contributed by atoms with Crippen molar-refractivity contribution in [3.05, 3.63) is 29.6 Å². The predicted octanol–water partition coefficient (Wildman–Crippen LogP) is 2.70. The largest absolute Gasteiger partial charge is 0.494 e. The monoisotopic (exact) mass is 251 g/mol. The fourth-order valence-electron chi connectivity index (χ4n) is 1.52. The molecule has 0 saturated carbocycles. The molecule has 0 bridgehead atoms. The molecule has 17 heavy (non-hydrogen) atoms. The summed E-state index contributed by atoms with van der Waals surface area (Å²) in [4.78, 5) is 0. The molecular weight excluding hydrogens is 238 g/mol. The van der Waals surface area contributed by atoms with Gasteiger partial charge in [0.2, 0.25) is 0 Å². The number of ether oxygens (including phenoxy) is 1. The van der Waals surface area contributed by atoms with Crippen LogP contribution in [0.4, 0.5) is 17.6 Å². The summed E-state index contributed by atoms with van der Waals surface area (Å²) >= 11 is 0. The van der Waals surface area contributed by atoms with Gasteiger partial charge in [-0.25, -0.2) is 4.39 Å². The van der Waals surface area contributed by atoms with Gasteiger partial charge in [0.05, 0.1) is 13.0 Å². The van der Waals surface area contributed by atoms with E-state index in [1.807, 2.05) is 0 Å². The number of benzene rings is 1. The van der Waals surface area contributed by atoms with Crippen molar-refractivity contribution in [3.63, 3.8) is 0 Å². The molecule has 96 valence electrons. The SMILES string of the molecule is CNCC(c1ccc(F)c(OC)c1)C(F)(F)F. The Morgan fingerprint density at radius 1 is 1.35 bits per heavy atom. The maximum atomic E-state index is 13.1. The van der Waals surface area contributed by atoms with Gasteiger partial charge in [-0.2, -0.15) is 13.2 Å². The van der Waals surface area contributed by atoms with Gasteiger partial charge in [-0.3, -0.25) is 0 Å². The van der Waals surface area contributed by atoms with E-state index in [0.29, 0.717) is 0 Å². The molecule has 1 aromatic carbocycles. The van der Waals surface area contributed by atoms with E-state index in [1.54, 1.807) is 0 Å². The highest BCUT2D eigenvalue weighted by Crippen LogP contribution is 2.36. The molecule has 2 nitrogen and oxygen atoms in total. The quantitative estimate of drug-likeness (QED) is 0.831. The molecule has 0 aliphatic rings. The van der Waals surface area contributed by atoms with Crippen LogP contribution in [0.3, 0.4) is 0 Å². The standard InChI is InChI=1S/C11H13F4NO/c1-16-6-8(11(13,14)15)7-3-4-9(12)10(5-7)17-2/h3-5,8,16H,6H2,1-2H3. The van der Waals surface area contributed by atoms with E-state index in [1.165, 1.54) is 14.2 Å². The van der Waals surface area contributed by atoms with Gasteiger partial charge in [-0.05, 0) is 24.7 Å². The van der Waals surface area contributed by atoms with Crippen LogP contribution in [-0.2, 0) is 0 Å². The first-order chi connectivity index (χ1) is 7.90. The molecule has 0 spiro atoms. The first-order valence-corrected chi connectivity index (χ1v) is 4.95. The second-order valence-corrected chi connectivity index (χ2v) is 3.55. The van der Waals surface area contributed by atoms with Crippen molar-refractivity contribution >= 4 is 0 Å². The number of hydrogen-bond acceptors (Lipinski definition) is 2. The topological polar surface area (TPSA) is 21.3 Å². The smallest absolute Gasteiger partial charge is 0.396 e. The van der Waals surface area contributed by atoms with Gasteiger partial charge in [0.25, 0.3) is 0 Å². The summed E-state index contributed by atoms with van der Waals surface area (Å²) in [6.07, 6.45) is -4.38. The Bertz CT molecular complexity index is 378. The predicted molar refractivity (Wildman–Crippen MR) is 55.7 cm³/mol. The summed E-state index contributed by atoms with van der Waals surface area (Å²) in [6.45, 7) is -0.266. The first kappa shape index (κ1) is 13.8. The Labute approximate surface area is 96.6 Å². The lowest BCUT2D eigenvalue weighted by Gasteiger charge is -2.20. The van der Waals surface area contributed by atoms with Gasteiger partial charge in [0.15, 0.2) is 11.6 Å². The molecule has 6 heteroatoms. The second kappa shape index (κ2) is 5.35. The van der Waals surface area contributed by atoms with E-state index < -0.39 is 17.9 Å². The van der Waals surface area contributed by atoms with Gasteiger partial charge in [-0.1, -0.05) is 6.07 Å². The number of nitrogens with one attached hydrogen (secondary N) is 1. The fourth-order valence-corrected chi connectivity index (χ4v) is 1.52. The highest BCUT2D eigenvalue weighted by atomic mass is 19.4. The lowest BCUT2D eigenvalue weighted by molar-refractivity contribution is -0.149. The van der Waals surface area contributed by atoms with Crippen LogP contribution in [0.2, 0.25) is 0 Å². The third-order valence-corrected chi connectivity index (χ3v) is 2.38. The Hall–Kier alpha value is -1.30. The maximum absolute atomic E-state index is 13.1. The van der Waals surface area contributed by atoms with E-state index in [2.05, 4.69) is 10.1 Å². The van der Waals surface area contributed by atoms with Crippen LogP contribution in [0, 0.1) is 5.82 Å². The van der Waals surface area contributed by atoms with Gasteiger partial charge < -0.3 is 10.1 Å². The van der Waals surface area contributed by atoms with E-state index in [4.69, 9.17) is 0 Å². The average Bonchev–Trinajstić information content (AvgIpc) is 2.25. The molecule has 0 saturated heterocycles.